The van der Waals surface area contributed by atoms with Gasteiger partial charge in [-0.25, -0.2) is 4.98 Å². The molecule has 0 unspecified atom stereocenters. The molecule has 24 heavy (non-hydrogen) atoms. The maximum absolute atomic E-state index is 12.4. The Labute approximate surface area is 144 Å². The van der Waals surface area contributed by atoms with Crippen molar-refractivity contribution in [2.24, 2.45) is 0 Å². The number of benzene rings is 2. The fraction of sp³-hybridized carbons (Fsp3) is 0.222. The number of nitrogens with zero attached hydrogens (tertiary/aromatic N) is 3. The summed E-state index contributed by atoms with van der Waals surface area (Å²) < 4.78 is 7.73. The first-order chi connectivity index (χ1) is 11.7. The number of ether oxygens (including phenoxy) is 1. The molecule has 0 saturated carbocycles. The predicted octanol–water partition coefficient (Wildman–Crippen LogP) is 3.11. The first-order valence-electron chi connectivity index (χ1n) is 7.81. The Hall–Kier alpha value is -2.53. The second-order valence-corrected chi connectivity index (χ2v) is 6.16. The van der Waals surface area contributed by atoms with E-state index in [4.69, 9.17) is 16.3 Å². The van der Waals surface area contributed by atoms with E-state index in [1.807, 2.05) is 18.2 Å². The number of para-hydroxylation sites is 2. The zero-order chi connectivity index (χ0) is 16.5. The van der Waals surface area contributed by atoms with Gasteiger partial charge in [-0.2, -0.15) is 0 Å². The van der Waals surface area contributed by atoms with E-state index < -0.39 is 0 Å². The van der Waals surface area contributed by atoms with Gasteiger partial charge in [0.25, 0.3) is 5.91 Å². The lowest BCUT2D eigenvalue weighted by Crippen LogP contribution is -2.40. The van der Waals surface area contributed by atoms with E-state index in [9.17, 15) is 4.79 Å². The summed E-state index contributed by atoms with van der Waals surface area (Å²) in [6.07, 6.45) is 0. The standard InChI is InChI=1S/C18H16ClN3O2/c19-13-5-7-14(8-6-13)24-12-18(23)21-9-10-22-16-4-2-1-3-15(16)20-17(22)11-21/h1-8H,9-12H2. The molecule has 5 nitrogen and oxygen atoms in total. The van der Waals surface area contributed by atoms with Gasteiger partial charge in [-0.15, -0.1) is 0 Å². The summed E-state index contributed by atoms with van der Waals surface area (Å²) in [6.45, 7) is 1.94. The van der Waals surface area contributed by atoms with Crippen molar-refractivity contribution < 1.29 is 9.53 Å². The number of hydrogen-bond acceptors (Lipinski definition) is 3. The van der Waals surface area contributed by atoms with Crippen molar-refractivity contribution in [3.63, 3.8) is 0 Å². The number of amides is 1. The normalized spacial score (nSPS) is 13.8. The van der Waals surface area contributed by atoms with Gasteiger partial charge in [0.2, 0.25) is 0 Å². The van der Waals surface area contributed by atoms with Gasteiger partial charge in [0.15, 0.2) is 6.61 Å². The molecule has 0 bridgehead atoms. The topological polar surface area (TPSA) is 47.4 Å². The van der Waals surface area contributed by atoms with Crippen LogP contribution in [0.1, 0.15) is 5.82 Å². The Bertz CT molecular complexity index is 889. The fourth-order valence-corrected chi connectivity index (χ4v) is 3.07. The Kier molecular flexibility index (Phi) is 3.86. The van der Waals surface area contributed by atoms with Crippen LogP contribution in [-0.4, -0.2) is 33.5 Å². The van der Waals surface area contributed by atoms with E-state index >= 15 is 0 Å². The van der Waals surface area contributed by atoms with Crippen LogP contribution in [-0.2, 0) is 17.9 Å². The van der Waals surface area contributed by atoms with E-state index in [0.717, 1.165) is 23.4 Å². The molecular weight excluding hydrogens is 326 g/mol. The Morgan fingerprint density at radius 1 is 1.12 bits per heavy atom. The third-order valence-corrected chi connectivity index (χ3v) is 4.44. The molecule has 4 rings (SSSR count). The van der Waals surface area contributed by atoms with E-state index in [1.165, 1.54) is 0 Å². The number of hydrogen-bond donors (Lipinski definition) is 0. The molecule has 0 spiro atoms. The molecule has 2 aromatic carbocycles. The molecule has 0 saturated heterocycles. The average molecular weight is 342 g/mol. The number of fused-ring (bicyclic) bond motifs is 3. The molecule has 0 fully saturated rings. The first kappa shape index (κ1) is 15.0. The number of halogens is 1. The Balaban J connectivity index is 1.44. The molecule has 1 aliphatic heterocycles. The third-order valence-electron chi connectivity index (χ3n) is 4.19. The summed E-state index contributed by atoms with van der Waals surface area (Å²) in [6, 6.07) is 15.0. The maximum Gasteiger partial charge on any atom is 0.260 e. The summed E-state index contributed by atoms with van der Waals surface area (Å²) in [7, 11) is 0. The molecule has 0 N–H and O–H groups in total. The summed E-state index contributed by atoms with van der Waals surface area (Å²) in [5.41, 5.74) is 2.09. The van der Waals surface area contributed by atoms with Crippen molar-refractivity contribution in [2.75, 3.05) is 13.2 Å². The molecule has 0 radical (unpaired) electrons. The van der Waals surface area contributed by atoms with E-state index in [0.29, 0.717) is 23.9 Å². The minimum Gasteiger partial charge on any atom is -0.484 e. The van der Waals surface area contributed by atoms with Gasteiger partial charge in [-0.1, -0.05) is 23.7 Å². The highest BCUT2D eigenvalue weighted by atomic mass is 35.5. The lowest BCUT2D eigenvalue weighted by Gasteiger charge is -2.28. The predicted molar refractivity (Wildman–Crippen MR) is 92.1 cm³/mol. The summed E-state index contributed by atoms with van der Waals surface area (Å²) in [5.74, 6) is 1.52. The van der Waals surface area contributed by atoms with Crippen LogP contribution < -0.4 is 4.74 Å². The highest BCUT2D eigenvalue weighted by Gasteiger charge is 2.23. The lowest BCUT2D eigenvalue weighted by atomic mass is 10.3. The quantitative estimate of drug-likeness (QED) is 0.735. The summed E-state index contributed by atoms with van der Waals surface area (Å²) in [4.78, 5) is 18.8. The second kappa shape index (κ2) is 6.17. The number of imidazole rings is 1. The molecule has 1 amide bonds. The van der Waals surface area contributed by atoms with Crippen molar-refractivity contribution in [2.45, 2.75) is 13.1 Å². The zero-order valence-electron chi connectivity index (χ0n) is 13.0. The lowest BCUT2D eigenvalue weighted by molar-refractivity contribution is -0.134. The zero-order valence-corrected chi connectivity index (χ0v) is 13.7. The van der Waals surface area contributed by atoms with Gasteiger partial charge in [-0.3, -0.25) is 4.79 Å². The molecule has 122 valence electrons. The molecule has 6 heteroatoms. The monoisotopic (exact) mass is 341 g/mol. The van der Waals surface area contributed by atoms with Crippen molar-refractivity contribution in [1.82, 2.24) is 14.5 Å². The van der Waals surface area contributed by atoms with Crippen molar-refractivity contribution >= 4 is 28.5 Å². The van der Waals surface area contributed by atoms with Crippen LogP contribution in [0.25, 0.3) is 11.0 Å². The van der Waals surface area contributed by atoms with Crippen LogP contribution in [0.15, 0.2) is 48.5 Å². The number of carbonyl (C=O) groups is 1. The van der Waals surface area contributed by atoms with Gasteiger partial charge in [0.1, 0.15) is 11.6 Å². The van der Waals surface area contributed by atoms with Crippen LogP contribution in [0.3, 0.4) is 0 Å². The highest BCUT2D eigenvalue weighted by Crippen LogP contribution is 2.21. The number of carbonyl (C=O) groups excluding carboxylic acids is 1. The summed E-state index contributed by atoms with van der Waals surface area (Å²) in [5, 5.41) is 0.642. The molecule has 3 aromatic rings. The van der Waals surface area contributed by atoms with E-state index in [2.05, 4.69) is 15.6 Å². The highest BCUT2D eigenvalue weighted by molar-refractivity contribution is 6.30. The Morgan fingerprint density at radius 2 is 1.92 bits per heavy atom. The van der Waals surface area contributed by atoms with Crippen LogP contribution in [0.2, 0.25) is 5.02 Å². The van der Waals surface area contributed by atoms with Crippen LogP contribution in [0.5, 0.6) is 5.75 Å². The van der Waals surface area contributed by atoms with Gasteiger partial charge in [-0.05, 0) is 36.4 Å². The summed E-state index contributed by atoms with van der Waals surface area (Å²) >= 11 is 5.84. The van der Waals surface area contributed by atoms with E-state index in [-0.39, 0.29) is 12.5 Å². The third kappa shape index (κ3) is 2.83. The minimum atomic E-state index is -0.0387. The Morgan fingerprint density at radius 3 is 2.75 bits per heavy atom. The first-order valence-corrected chi connectivity index (χ1v) is 8.19. The smallest absolute Gasteiger partial charge is 0.260 e. The minimum absolute atomic E-state index is 0.0157. The van der Waals surface area contributed by atoms with Gasteiger partial charge in [0, 0.05) is 18.1 Å². The second-order valence-electron chi connectivity index (χ2n) is 5.73. The SMILES string of the molecule is O=C(COc1ccc(Cl)cc1)N1CCn2c(nc3ccccc32)C1. The average Bonchev–Trinajstić information content (AvgIpc) is 2.98. The van der Waals surface area contributed by atoms with Crippen molar-refractivity contribution in [3.8, 4) is 5.75 Å². The number of rotatable bonds is 3. The fourth-order valence-electron chi connectivity index (χ4n) is 2.95. The van der Waals surface area contributed by atoms with Crippen LogP contribution in [0, 0.1) is 0 Å². The van der Waals surface area contributed by atoms with E-state index in [1.54, 1.807) is 29.2 Å². The molecule has 1 aromatic heterocycles. The van der Waals surface area contributed by atoms with Crippen molar-refractivity contribution in [3.05, 3.63) is 59.4 Å². The van der Waals surface area contributed by atoms with Gasteiger partial charge >= 0.3 is 0 Å². The van der Waals surface area contributed by atoms with Crippen LogP contribution >= 0.6 is 11.6 Å². The molecular formula is C18H16ClN3O2. The molecule has 2 heterocycles. The van der Waals surface area contributed by atoms with Crippen LogP contribution in [0.4, 0.5) is 0 Å². The van der Waals surface area contributed by atoms with Crippen molar-refractivity contribution in [1.29, 1.82) is 0 Å². The molecule has 0 aliphatic carbocycles. The number of aromatic nitrogens is 2. The van der Waals surface area contributed by atoms with Gasteiger partial charge in [0.05, 0.1) is 17.6 Å². The largest absolute Gasteiger partial charge is 0.484 e. The van der Waals surface area contributed by atoms with Gasteiger partial charge < -0.3 is 14.2 Å². The maximum atomic E-state index is 12.4. The molecule has 1 aliphatic rings. The molecule has 0 atom stereocenters.